The number of aromatic nitrogens is 6. The van der Waals surface area contributed by atoms with Crippen molar-refractivity contribution in [3.8, 4) is 22.4 Å². The molecule has 0 spiro atoms. The molecule has 4 aromatic rings. The van der Waals surface area contributed by atoms with E-state index in [1.165, 1.54) is 4.68 Å². The number of rotatable bonds is 5. The minimum Gasteiger partial charge on any atom is -0.361 e. The lowest BCUT2D eigenvalue weighted by Gasteiger charge is -2.06. The third-order valence-corrected chi connectivity index (χ3v) is 5.24. The summed E-state index contributed by atoms with van der Waals surface area (Å²) in [5.41, 5.74) is 3.60. The summed E-state index contributed by atoms with van der Waals surface area (Å²) in [7, 11) is 0. The Labute approximate surface area is 170 Å². The van der Waals surface area contributed by atoms with Gasteiger partial charge >= 0.3 is 0 Å². The fourth-order valence-electron chi connectivity index (χ4n) is 3.21. The Bertz CT molecular complexity index is 1240. The Hall–Kier alpha value is -3.26. The number of hydrogen-bond donors (Lipinski definition) is 0. The van der Waals surface area contributed by atoms with Crippen molar-refractivity contribution in [2.75, 3.05) is 0 Å². The summed E-state index contributed by atoms with van der Waals surface area (Å²) >= 11 is 5.87. The Morgan fingerprint density at radius 3 is 2.69 bits per heavy atom. The van der Waals surface area contributed by atoms with E-state index in [4.69, 9.17) is 16.1 Å². The van der Waals surface area contributed by atoms with E-state index >= 15 is 0 Å². The molecule has 0 N–H and O–H groups in total. The van der Waals surface area contributed by atoms with Gasteiger partial charge in [-0.3, -0.25) is 9.48 Å². The van der Waals surface area contributed by atoms with Crippen molar-refractivity contribution in [1.82, 2.24) is 29.7 Å². The maximum atomic E-state index is 12.7. The van der Waals surface area contributed by atoms with Gasteiger partial charge < -0.3 is 4.52 Å². The molecule has 146 valence electrons. The molecule has 0 atom stereocenters. The van der Waals surface area contributed by atoms with Gasteiger partial charge in [0, 0.05) is 40.7 Å². The van der Waals surface area contributed by atoms with Crippen LogP contribution >= 0.6 is 11.6 Å². The first-order chi connectivity index (χ1) is 14.1. The molecule has 0 bridgehead atoms. The highest BCUT2D eigenvalue weighted by Gasteiger charge is 2.24. The lowest BCUT2D eigenvalue weighted by molar-refractivity contribution is 0.397. The molecule has 1 aliphatic rings. The highest BCUT2D eigenvalue weighted by atomic mass is 35.5. The lowest BCUT2D eigenvalue weighted by Crippen LogP contribution is -2.23. The maximum absolute atomic E-state index is 12.7. The first-order valence-corrected chi connectivity index (χ1v) is 9.65. The summed E-state index contributed by atoms with van der Waals surface area (Å²) in [5, 5.41) is 13.2. The molecule has 0 radical (unpaired) electrons. The van der Waals surface area contributed by atoms with Crippen LogP contribution in [0.25, 0.3) is 22.4 Å². The van der Waals surface area contributed by atoms with Crippen molar-refractivity contribution in [3.05, 3.63) is 69.8 Å². The van der Waals surface area contributed by atoms with Crippen molar-refractivity contribution in [3.63, 3.8) is 0 Å². The zero-order chi connectivity index (χ0) is 20.0. The third kappa shape index (κ3) is 3.47. The fourth-order valence-corrected chi connectivity index (χ4v) is 3.32. The Morgan fingerprint density at radius 2 is 1.97 bits per heavy atom. The van der Waals surface area contributed by atoms with Crippen LogP contribution in [-0.4, -0.2) is 29.7 Å². The summed E-state index contributed by atoms with van der Waals surface area (Å²) in [6.07, 6.45) is 9.36. The SMILES string of the molecule is Cc1onc(-c2ccc(Cl)nc2)c1Cn1ncc(-c2cnn(C3CC3)c2)cc1=O. The van der Waals surface area contributed by atoms with Crippen molar-refractivity contribution >= 4 is 11.6 Å². The first-order valence-electron chi connectivity index (χ1n) is 9.27. The van der Waals surface area contributed by atoms with E-state index in [0.29, 0.717) is 22.6 Å². The number of hydrogen-bond acceptors (Lipinski definition) is 6. The van der Waals surface area contributed by atoms with E-state index in [2.05, 4.69) is 20.3 Å². The zero-order valence-electron chi connectivity index (χ0n) is 15.6. The molecule has 8 nitrogen and oxygen atoms in total. The van der Waals surface area contributed by atoms with Crippen LogP contribution in [0.15, 0.2) is 52.3 Å². The first kappa shape index (κ1) is 17.8. The molecule has 0 amide bonds. The largest absolute Gasteiger partial charge is 0.361 e. The van der Waals surface area contributed by atoms with Crippen molar-refractivity contribution in [1.29, 1.82) is 0 Å². The van der Waals surface area contributed by atoms with Gasteiger partial charge in [0.25, 0.3) is 5.56 Å². The summed E-state index contributed by atoms with van der Waals surface area (Å²) in [6, 6.07) is 5.57. The van der Waals surface area contributed by atoms with Gasteiger partial charge in [0.2, 0.25) is 0 Å². The maximum Gasteiger partial charge on any atom is 0.267 e. The number of aryl methyl sites for hydroxylation is 1. The Kier molecular flexibility index (Phi) is 4.28. The standard InChI is InChI=1S/C20H17ClN6O2/c1-12-17(20(25-29-12)13-2-5-18(21)22-7-13)11-27-19(28)6-14(8-24-27)15-9-23-26(10-15)16-3-4-16/h2,5-10,16H,3-4,11H2,1H3. The van der Waals surface area contributed by atoms with E-state index in [0.717, 1.165) is 35.1 Å². The fraction of sp³-hybridized carbons (Fsp3) is 0.250. The Balaban J connectivity index is 1.44. The molecule has 1 fully saturated rings. The van der Waals surface area contributed by atoms with Crippen LogP contribution in [0.4, 0.5) is 0 Å². The molecule has 4 heterocycles. The van der Waals surface area contributed by atoms with Crippen LogP contribution in [0.5, 0.6) is 0 Å². The molecule has 9 heteroatoms. The van der Waals surface area contributed by atoms with Crippen LogP contribution in [-0.2, 0) is 6.54 Å². The van der Waals surface area contributed by atoms with Crippen molar-refractivity contribution in [2.24, 2.45) is 0 Å². The van der Waals surface area contributed by atoms with Crippen LogP contribution in [0.1, 0.15) is 30.2 Å². The summed E-state index contributed by atoms with van der Waals surface area (Å²) < 4.78 is 8.69. The van der Waals surface area contributed by atoms with Gasteiger partial charge in [-0.2, -0.15) is 10.2 Å². The Morgan fingerprint density at radius 1 is 1.14 bits per heavy atom. The molecular formula is C20H17ClN6O2. The molecular weight excluding hydrogens is 392 g/mol. The van der Waals surface area contributed by atoms with Gasteiger partial charge in [-0.25, -0.2) is 9.67 Å². The van der Waals surface area contributed by atoms with Gasteiger partial charge in [0.15, 0.2) is 0 Å². The number of pyridine rings is 1. The molecule has 1 aliphatic carbocycles. The second-order valence-corrected chi connectivity index (χ2v) is 7.50. The molecule has 0 aromatic carbocycles. The number of halogens is 1. The second-order valence-electron chi connectivity index (χ2n) is 7.12. The lowest BCUT2D eigenvalue weighted by atomic mass is 10.1. The molecule has 0 saturated heterocycles. The van der Waals surface area contributed by atoms with Gasteiger partial charge in [-0.15, -0.1) is 0 Å². The normalized spacial score (nSPS) is 13.7. The minimum atomic E-state index is -0.206. The van der Waals surface area contributed by atoms with Crippen LogP contribution < -0.4 is 5.56 Å². The molecule has 1 saturated carbocycles. The summed E-state index contributed by atoms with van der Waals surface area (Å²) in [6.45, 7) is 2.05. The summed E-state index contributed by atoms with van der Waals surface area (Å²) in [5.74, 6) is 0.624. The van der Waals surface area contributed by atoms with E-state index in [1.54, 1.807) is 37.6 Å². The molecule has 5 rings (SSSR count). The van der Waals surface area contributed by atoms with Crippen LogP contribution in [0.3, 0.4) is 0 Å². The highest BCUT2D eigenvalue weighted by Crippen LogP contribution is 2.35. The van der Waals surface area contributed by atoms with E-state index in [9.17, 15) is 4.79 Å². The summed E-state index contributed by atoms with van der Waals surface area (Å²) in [4.78, 5) is 16.8. The molecule has 0 aliphatic heterocycles. The molecule has 29 heavy (non-hydrogen) atoms. The van der Waals surface area contributed by atoms with Gasteiger partial charge in [-0.1, -0.05) is 16.8 Å². The topological polar surface area (TPSA) is 91.6 Å². The van der Waals surface area contributed by atoms with Crippen LogP contribution in [0, 0.1) is 6.92 Å². The van der Waals surface area contributed by atoms with Crippen molar-refractivity contribution in [2.45, 2.75) is 32.4 Å². The van der Waals surface area contributed by atoms with Gasteiger partial charge in [0.1, 0.15) is 16.6 Å². The predicted molar refractivity (Wildman–Crippen MR) is 107 cm³/mol. The quantitative estimate of drug-likeness (QED) is 0.469. The van der Waals surface area contributed by atoms with Gasteiger partial charge in [-0.05, 0) is 31.9 Å². The van der Waals surface area contributed by atoms with Crippen molar-refractivity contribution < 1.29 is 4.52 Å². The second kappa shape index (κ2) is 6.97. The minimum absolute atomic E-state index is 0.206. The molecule has 0 unspecified atom stereocenters. The average molecular weight is 409 g/mol. The third-order valence-electron chi connectivity index (χ3n) is 5.02. The van der Waals surface area contributed by atoms with E-state index < -0.39 is 0 Å². The predicted octanol–water partition coefficient (Wildman–Crippen LogP) is 3.50. The zero-order valence-corrected chi connectivity index (χ0v) is 16.4. The number of nitrogens with zero attached hydrogens (tertiary/aromatic N) is 6. The monoisotopic (exact) mass is 408 g/mol. The van der Waals surface area contributed by atoms with Crippen LogP contribution in [0.2, 0.25) is 5.15 Å². The smallest absolute Gasteiger partial charge is 0.267 e. The van der Waals surface area contributed by atoms with E-state index in [-0.39, 0.29) is 12.1 Å². The molecule has 4 aromatic heterocycles. The van der Waals surface area contributed by atoms with E-state index in [1.807, 2.05) is 16.9 Å². The average Bonchev–Trinajstić information content (AvgIpc) is 3.34. The van der Waals surface area contributed by atoms with Gasteiger partial charge in [0.05, 0.1) is 25.0 Å². The highest BCUT2D eigenvalue weighted by molar-refractivity contribution is 6.29.